The number of amides is 1. The smallest absolute Gasteiger partial charge is 0.258 e. The fourth-order valence-electron chi connectivity index (χ4n) is 9.14. The summed E-state index contributed by atoms with van der Waals surface area (Å²) in [5, 5.41) is 10.3. The quantitative estimate of drug-likeness (QED) is 0.248. The topological polar surface area (TPSA) is 107 Å². The summed E-state index contributed by atoms with van der Waals surface area (Å²) in [6.07, 6.45) is 8.71. The van der Waals surface area contributed by atoms with Gasteiger partial charge < -0.3 is 29.3 Å². The molecular weight excluding hydrogens is 699 g/mol. The van der Waals surface area contributed by atoms with Crippen LogP contribution in [0.2, 0.25) is 0 Å². The van der Waals surface area contributed by atoms with E-state index in [2.05, 4.69) is 29.7 Å². The first-order valence-corrected chi connectivity index (χ1v) is 19.3. The van der Waals surface area contributed by atoms with Crippen molar-refractivity contribution in [3.8, 4) is 17.2 Å². The molecular formula is C40H50F3N7O4. The number of halogens is 3. The number of nitrogens with zero attached hydrogens (tertiary/aromatic N) is 7. The molecule has 2 saturated carbocycles. The summed E-state index contributed by atoms with van der Waals surface area (Å²) in [7, 11) is 0. The average Bonchev–Trinajstić information content (AvgIpc) is 3.43. The molecule has 3 aliphatic heterocycles. The van der Waals surface area contributed by atoms with Crippen molar-refractivity contribution in [2.24, 2.45) is 5.41 Å². The van der Waals surface area contributed by atoms with E-state index in [4.69, 9.17) is 9.47 Å². The van der Waals surface area contributed by atoms with Crippen molar-refractivity contribution in [2.45, 2.75) is 102 Å². The molecule has 54 heavy (non-hydrogen) atoms. The molecule has 1 atom stereocenters. The lowest BCUT2D eigenvalue weighted by atomic mass is 9.61. The number of carbonyl (C=O) groups excluding carboxylic acids is 1. The van der Waals surface area contributed by atoms with Gasteiger partial charge in [0.05, 0.1) is 17.4 Å². The maximum absolute atomic E-state index is 14.5. The third-order valence-corrected chi connectivity index (χ3v) is 11.9. The predicted octanol–water partition coefficient (Wildman–Crippen LogP) is 5.70. The van der Waals surface area contributed by atoms with Crippen LogP contribution in [0.3, 0.4) is 0 Å². The summed E-state index contributed by atoms with van der Waals surface area (Å²) in [5.74, 6) is -2.06. The zero-order valence-corrected chi connectivity index (χ0v) is 31.3. The third kappa shape index (κ3) is 7.61. The number of ether oxygens (including phenoxy) is 2. The number of β-amino-alcohol motifs (C(OH)–C–C–N with tert-alkyl or cyclic N) is 1. The van der Waals surface area contributed by atoms with E-state index in [0.717, 1.165) is 102 Å². The molecule has 3 aromatic rings. The van der Waals surface area contributed by atoms with Crippen molar-refractivity contribution in [3.63, 3.8) is 0 Å². The number of anilines is 1. The van der Waals surface area contributed by atoms with E-state index in [1.165, 1.54) is 35.1 Å². The molecule has 1 N–H and O–H groups in total. The van der Waals surface area contributed by atoms with Gasteiger partial charge in [-0.25, -0.2) is 23.1 Å². The number of aromatic nitrogens is 3. The minimum atomic E-state index is -2.81. The van der Waals surface area contributed by atoms with Crippen LogP contribution in [-0.2, 0) is 13.0 Å². The highest BCUT2D eigenvalue weighted by Crippen LogP contribution is 2.52. The minimum absolute atomic E-state index is 0.0357. The van der Waals surface area contributed by atoms with Gasteiger partial charge in [-0.3, -0.25) is 14.7 Å². The summed E-state index contributed by atoms with van der Waals surface area (Å²) in [4.78, 5) is 35.5. The Morgan fingerprint density at radius 1 is 1.02 bits per heavy atom. The van der Waals surface area contributed by atoms with E-state index in [1.54, 1.807) is 13.8 Å². The van der Waals surface area contributed by atoms with Crippen LogP contribution in [0, 0.1) is 11.2 Å². The third-order valence-electron chi connectivity index (χ3n) is 11.9. The Labute approximate surface area is 314 Å². The Kier molecular flexibility index (Phi) is 9.75. The number of benzene rings is 1. The molecule has 1 aromatic carbocycles. The molecule has 0 radical (unpaired) electrons. The van der Waals surface area contributed by atoms with E-state index in [9.17, 15) is 23.1 Å². The SMILES string of the molecule is CC(C)N(C(=O)c1cc(F)ccc1Oc1cncnc1N1CC2(CC(Oc3ccnc4c3CN(CCCN3CC[C@](C)(O)C3)CC4)C2)C1)C1CC(F)(F)C1. The number of hydrogen-bond donors (Lipinski definition) is 1. The van der Waals surface area contributed by atoms with Crippen molar-refractivity contribution in [1.82, 2.24) is 29.7 Å². The van der Waals surface area contributed by atoms with Crippen LogP contribution in [0.15, 0.2) is 43.0 Å². The molecule has 8 rings (SSSR count). The highest BCUT2D eigenvalue weighted by molar-refractivity contribution is 5.97. The summed E-state index contributed by atoms with van der Waals surface area (Å²) >= 11 is 0. The van der Waals surface area contributed by atoms with Gasteiger partial charge in [0.1, 0.15) is 29.7 Å². The molecule has 1 amide bonds. The van der Waals surface area contributed by atoms with Gasteiger partial charge in [-0.2, -0.15) is 0 Å². The zero-order valence-electron chi connectivity index (χ0n) is 31.3. The van der Waals surface area contributed by atoms with Crippen LogP contribution >= 0.6 is 0 Å². The second kappa shape index (κ2) is 14.2. The molecule has 11 nitrogen and oxygen atoms in total. The van der Waals surface area contributed by atoms with Crippen LogP contribution in [0.5, 0.6) is 17.2 Å². The molecule has 1 spiro atoms. The Bertz CT molecular complexity index is 1860. The molecule has 290 valence electrons. The van der Waals surface area contributed by atoms with Gasteiger partial charge in [-0.05, 0) is 83.8 Å². The molecule has 14 heteroatoms. The Hall–Kier alpha value is -4.01. The van der Waals surface area contributed by atoms with Crippen LogP contribution in [-0.4, -0.2) is 116 Å². The molecule has 5 aliphatic rings. The first-order chi connectivity index (χ1) is 25.8. The maximum Gasteiger partial charge on any atom is 0.258 e. The fourth-order valence-corrected chi connectivity index (χ4v) is 9.14. The van der Waals surface area contributed by atoms with Crippen molar-refractivity contribution >= 4 is 11.7 Å². The fraction of sp³-hybridized carbons (Fsp3) is 0.600. The Balaban J connectivity index is 0.872. The minimum Gasteiger partial charge on any atom is -0.490 e. The van der Waals surface area contributed by atoms with Crippen LogP contribution in [0.4, 0.5) is 19.0 Å². The second-order valence-electron chi connectivity index (χ2n) is 16.8. The monoisotopic (exact) mass is 749 g/mol. The van der Waals surface area contributed by atoms with Gasteiger partial charge in [0.15, 0.2) is 11.6 Å². The summed E-state index contributed by atoms with van der Waals surface area (Å²) in [6, 6.07) is 4.68. The molecule has 2 saturated heterocycles. The lowest BCUT2D eigenvalue weighted by Gasteiger charge is -2.59. The van der Waals surface area contributed by atoms with Gasteiger partial charge in [0.25, 0.3) is 11.8 Å². The lowest BCUT2D eigenvalue weighted by Crippen LogP contribution is -2.65. The maximum atomic E-state index is 14.5. The normalized spacial score (nSPS) is 23.8. The average molecular weight is 750 g/mol. The summed E-state index contributed by atoms with van der Waals surface area (Å²) < 4.78 is 54.9. The highest BCUT2D eigenvalue weighted by atomic mass is 19.3. The molecule has 4 fully saturated rings. The number of hydrogen-bond acceptors (Lipinski definition) is 10. The highest BCUT2D eigenvalue weighted by Gasteiger charge is 2.55. The first kappa shape index (κ1) is 36.9. The van der Waals surface area contributed by atoms with E-state index in [1.807, 2.05) is 19.2 Å². The number of carbonyl (C=O) groups is 1. The largest absolute Gasteiger partial charge is 0.490 e. The molecule has 2 aromatic heterocycles. The summed E-state index contributed by atoms with van der Waals surface area (Å²) in [6.45, 7) is 12.5. The number of pyridine rings is 1. The van der Waals surface area contributed by atoms with Gasteiger partial charge >= 0.3 is 0 Å². The molecule has 5 heterocycles. The van der Waals surface area contributed by atoms with Crippen molar-refractivity contribution < 1.29 is 32.5 Å². The van der Waals surface area contributed by atoms with Crippen LogP contribution in [0.1, 0.15) is 80.9 Å². The molecule has 2 aliphatic carbocycles. The van der Waals surface area contributed by atoms with E-state index >= 15 is 0 Å². The van der Waals surface area contributed by atoms with Crippen LogP contribution in [0.25, 0.3) is 0 Å². The second-order valence-corrected chi connectivity index (χ2v) is 16.8. The number of alkyl halides is 2. The predicted molar refractivity (Wildman–Crippen MR) is 196 cm³/mol. The Morgan fingerprint density at radius 3 is 2.52 bits per heavy atom. The molecule has 0 unspecified atom stereocenters. The van der Waals surface area contributed by atoms with Crippen molar-refractivity contribution in [3.05, 3.63) is 65.6 Å². The van der Waals surface area contributed by atoms with Gasteiger partial charge in [0, 0.05) is 93.5 Å². The van der Waals surface area contributed by atoms with Gasteiger partial charge in [-0.15, -0.1) is 0 Å². The first-order valence-electron chi connectivity index (χ1n) is 19.3. The van der Waals surface area contributed by atoms with Gasteiger partial charge in [-0.1, -0.05) is 0 Å². The van der Waals surface area contributed by atoms with Gasteiger partial charge in [0.2, 0.25) is 0 Å². The molecule has 0 bridgehead atoms. The van der Waals surface area contributed by atoms with Crippen molar-refractivity contribution in [1.29, 1.82) is 0 Å². The van der Waals surface area contributed by atoms with E-state index < -0.39 is 42.1 Å². The summed E-state index contributed by atoms with van der Waals surface area (Å²) in [5.41, 5.74) is 1.79. The number of fused-ring (bicyclic) bond motifs is 1. The zero-order chi connectivity index (χ0) is 37.8. The van der Waals surface area contributed by atoms with E-state index in [0.29, 0.717) is 11.6 Å². The number of rotatable bonds is 12. The number of aliphatic hydroxyl groups is 1. The van der Waals surface area contributed by atoms with Crippen LogP contribution < -0.4 is 14.4 Å². The Morgan fingerprint density at radius 2 is 1.80 bits per heavy atom. The lowest BCUT2D eigenvalue weighted by molar-refractivity contribution is -0.120. The number of likely N-dealkylation sites (tertiary alicyclic amines) is 1. The van der Waals surface area contributed by atoms with E-state index in [-0.39, 0.29) is 28.9 Å². The van der Waals surface area contributed by atoms with Crippen molar-refractivity contribution in [2.75, 3.05) is 50.7 Å². The standard InChI is InChI=1S/C40H50F3N7O4/c1-26(2)50(28-16-40(42,43)17-28)37(51)30-15-27(41)5-6-33(30)54-35-20-44-25-46-36(35)49-23-39(24-49)18-29(19-39)53-34-7-10-45-32-8-13-47(21-31(32)34)11-4-12-48-14-9-38(3,52)22-48/h5-7,10,15,20,25-26,28-29,52H,4,8-9,11-14,16-19,21-24H2,1-3H3/t38-/m0/s1.